The second-order valence-electron chi connectivity index (χ2n) is 6.87. The number of hydrogen-bond acceptors (Lipinski definition) is 6. The molecule has 0 bridgehead atoms. The van der Waals surface area contributed by atoms with Gasteiger partial charge in [-0.15, -0.1) is 23.7 Å². The van der Waals surface area contributed by atoms with E-state index in [1.165, 1.54) is 0 Å². The van der Waals surface area contributed by atoms with Crippen molar-refractivity contribution in [3.8, 4) is 18.0 Å². The van der Waals surface area contributed by atoms with Gasteiger partial charge in [0, 0.05) is 53.5 Å². The molecule has 0 fully saturated rings. The smallest absolute Gasteiger partial charge is 0.251 e. The number of carbonyl (C=O) groups excluding carboxylic acids is 1. The van der Waals surface area contributed by atoms with Gasteiger partial charge in [-0.25, -0.2) is 4.98 Å². The van der Waals surface area contributed by atoms with Crippen LogP contribution < -0.4 is 5.32 Å². The van der Waals surface area contributed by atoms with Gasteiger partial charge >= 0.3 is 0 Å². The average molecular weight is 436 g/mol. The number of thiophene rings is 1. The van der Waals surface area contributed by atoms with Crippen LogP contribution in [-0.4, -0.2) is 26.9 Å². The molecule has 0 saturated carbocycles. The molecule has 0 atom stereocenters. The van der Waals surface area contributed by atoms with Gasteiger partial charge in [0.25, 0.3) is 5.91 Å². The first kappa shape index (κ1) is 20.4. The second-order valence-corrected chi connectivity index (χ2v) is 8.97. The fourth-order valence-corrected chi connectivity index (χ4v) is 4.72. The molecule has 1 aliphatic rings. The standard InChI is InChI=1S/C22H21N5OS2/c1-2-3-10-22(25-26-22)11-15-30-21-23-12-13-27(21)18-8-6-17(7-9-18)20(28)24-16-19-5-4-14-29-19/h1,4-9,12-14H,3,10-11,15-16H2,(H,24,28). The molecule has 1 N–H and O–H groups in total. The molecule has 0 spiro atoms. The molecule has 6 nitrogen and oxygen atoms in total. The summed E-state index contributed by atoms with van der Waals surface area (Å²) in [6, 6.07) is 11.5. The molecule has 1 aliphatic heterocycles. The summed E-state index contributed by atoms with van der Waals surface area (Å²) < 4.78 is 2.02. The zero-order valence-corrected chi connectivity index (χ0v) is 18.0. The summed E-state index contributed by atoms with van der Waals surface area (Å²) in [6.45, 7) is 0.544. The highest BCUT2D eigenvalue weighted by atomic mass is 32.2. The number of thioether (sulfide) groups is 1. The van der Waals surface area contributed by atoms with Gasteiger partial charge in [-0.05, 0) is 35.7 Å². The topological polar surface area (TPSA) is 71.6 Å². The second kappa shape index (κ2) is 9.28. The summed E-state index contributed by atoms with van der Waals surface area (Å²) in [5, 5.41) is 14.2. The fraction of sp³-hybridized carbons (Fsp3) is 0.273. The Labute approximate surface area is 183 Å². The molecular formula is C22H21N5OS2. The maximum atomic E-state index is 12.4. The van der Waals surface area contributed by atoms with Gasteiger partial charge < -0.3 is 5.32 Å². The van der Waals surface area contributed by atoms with Crippen molar-refractivity contribution in [2.24, 2.45) is 10.2 Å². The lowest BCUT2D eigenvalue weighted by atomic mass is 10.1. The Morgan fingerprint density at radius 1 is 1.23 bits per heavy atom. The van der Waals surface area contributed by atoms with E-state index < -0.39 is 0 Å². The highest BCUT2D eigenvalue weighted by molar-refractivity contribution is 7.99. The maximum Gasteiger partial charge on any atom is 0.251 e. The minimum absolute atomic E-state index is 0.0793. The Hall–Kier alpha value is -2.89. The Balaban J connectivity index is 1.33. The minimum Gasteiger partial charge on any atom is -0.347 e. The third-order valence-electron chi connectivity index (χ3n) is 4.80. The largest absolute Gasteiger partial charge is 0.347 e. The molecule has 152 valence electrons. The number of nitrogens with zero attached hydrogens (tertiary/aromatic N) is 4. The molecule has 1 amide bonds. The van der Waals surface area contributed by atoms with E-state index in [0.717, 1.165) is 34.3 Å². The normalized spacial score (nSPS) is 13.7. The van der Waals surface area contributed by atoms with E-state index >= 15 is 0 Å². The Morgan fingerprint density at radius 2 is 2.07 bits per heavy atom. The highest BCUT2D eigenvalue weighted by Crippen LogP contribution is 2.38. The number of imidazole rings is 1. The van der Waals surface area contributed by atoms with Gasteiger partial charge in [0.1, 0.15) is 0 Å². The molecule has 2 aromatic heterocycles. The van der Waals surface area contributed by atoms with Gasteiger partial charge in [0.05, 0.1) is 6.54 Å². The van der Waals surface area contributed by atoms with Crippen LogP contribution >= 0.6 is 23.1 Å². The summed E-state index contributed by atoms with van der Waals surface area (Å²) in [6.07, 6.45) is 11.4. The molecule has 3 aromatic rings. The van der Waals surface area contributed by atoms with Crippen LogP contribution in [0.5, 0.6) is 0 Å². The number of terminal acetylenes is 1. The Bertz CT molecular complexity index is 1060. The van der Waals surface area contributed by atoms with Crippen molar-refractivity contribution in [2.75, 3.05) is 5.75 Å². The van der Waals surface area contributed by atoms with Crippen LogP contribution in [0.15, 0.2) is 69.6 Å². The van der Waals surface area contributed by atoms with E-state index in [0.29, 0.717) is 18.5 Å². The first-order chi connectivity index (χ1) is 14.7. The van der Waals surface area contributed by atoms with Gasteiger partial charge in [0.15, 0.2) is 10.8 Å². The molecule has 3 heterocycles. The van der Waals surface area contributed by atoms with Crippen LogP contribution in [0.2, 0.25) is 0 Å². The molecule has 30 heavy (non-hydrogen) atoms. The van der Waals surface area contributed by atoms with Crippen LogP contribution in [-0.2, 0) is 6.54 Å². The number of carbonyl (C=O) groups is 1. The van der Waals surface area contributed by atoms with E-state index in [-0.39, 0.29) is 11.6 Å². The first-order valence-electron chi connectivity index (χ1n) is 9.64. The lowest BCUT2D eigenvalue weighted by molar-refractivity contribution is 0.0951. The number of nitrogens with one attached hydrogen (secondary N) is 1. The minimum atomic E-state index is -0.269. The van der Waals surface area contributed by atoms with Gasteiger partial charge in [-0.1, -0.05) is 17.8 Å². The third kappa shape index (κ3) is 4.99. The summed E-state index contributed by atoms with van der Waals surface area (Å²) >= 11 is 3.30. The van der Waals surface area contributed by atoms with Crippen LogP contribution in [0.25, 0.3) is 5.69 Å². The van der Waals surface area contributed by atoms with E-state index in [1.807, 2.05) is 52.5 Å². The van der Waals surface area contributed by atoms with Crippen molar-refractivity contribution in [3.63, 3.8) is 0 Å². The first-order valence-corrected chi connectivity index (χ1v) is 11.5. The van der Waals surface area contributed by atoms with Crippen molar-refractivity contribution in [1.29, 1.82) is 0 Å². The van der Waals surface area contributed by atoms with Crippen LogP contribution in [0.4, 0.5) is 0 Å². The SMILES string of the molecule is C#CCCC1(CCSc2nccn2-c2ccc(C(=O)NCc3cccs3)cc2)N=N1. The number of hydrogen-bond donors (Lipinski definition) is 1. The number of amides is 1. The number of aromatic nitrogens is 2. The van der Waals surface area contributed by atoms with Crippen LogP contribution in [0.3, 0.4) is 0 Å². The van der Waals surface area contributed by atoms with E-state index in [9.17, 15) is 4.79 Å². The molecular weight excluding hydrogens is 414 g/mol. The maximum absolute atomic E-state index is 12.4. The highest BCUT2D eigenvalue weighted by Gasteiger charge is 2.38. The van der Waals surface area contributed by atoms with E-state index in [4.69, 9.17) is 6.42 Å². The summed E-state index contributed by atoms with van der Waals surface area (Å²) in [7, 11) is 0. The summed E-state index contributed by atoms with van der Waals surface area (Å²) in [5.41, 5.74) is 1.33. The monoisotopic (exact) mass is 435 g/mol. The van der Waals surface area contributed by atoms with Crippen molar-refractivity contribution < 1.29 is 4.79 Å². The van der Waals surface area contributed by atoms with Crippen molar-refractivity contribution in [1.82, 2.24) is 14.9 Å². The average Bonchev–Trinajstić information content (AvgIpc) is 3.15. The lowest BCUT2D eigenvalue weighted by Gasteiger charge is -2.10. The molecule has 0 unspecified atom stereocenters. The molecule has 8 heteroatoms. The molecule has 0 saturated heterocycles. The molecule has 0 radical (unpaired) electrons. The van der Waals surface area contributed by atoms with Crippen molar-refractivity contribution in [2.45, 2.75) is 36.6 Å². The predicted octanol–water partition coefficient (Wildman–Crippen LogP) is 4.92. The zero-order valence-electron chi connectivity index (χ0n) is 16.3. The van der Waals surface area contributed by atoms with Crippen molar-refractivity contribution in [3.05, 3.63) is 64.6 Å². The third-order valence-corrected chi connectivity index (χ3v) is 6.65. The van der Waals surface area contributed by atoms with Gasteiger partial charge in [-0.3, -0.25) is 9.36 Å². The predicted molar refractivity (Wildman–Crippen MR) is 120 cm³/mol. The summed E-state index contributed by atoms with van der Waals surface area (Å²) in [5.74, 6) is 3.43. The zero-order chi connectivity index (χ0) is 20.8. The number of benzene rings is 1. The Kier molecular flexibility index (Phi) is 6.31. The van der Waals surface area contributed by atoms with E-state index in [2.05, 4.69) is 26.4 Å². The van der Waals surface area contributed by atoms with Gasteiger partial charge in [0.2, 0.25) is 0 Å². The molecule has 4 rings (SSSR count). The lowest BCUT2D eigenvalue weighted by Crippen LogP contribution is -2.22. The van der Waals surface area contributed by atoms with Crippen LogP contribution in [0.1, 0.15) is 34.5 Å². The Morgan fingerprint density at radius 3 is 2.77 bits per heavy atom. The van der Waals surface area contributed by atoms with Crippen molar-refractivity contribution >= 4 is 29.0 Å². The quantitative estimate of drug-likeness (QED) is 0.363. The van der Waals surface area contributed by atoms with Crippen LogP contribution in [0, 0.1) is 12.3 Å². The fourth-order valence-electron chi connectivity index (χ4n) is 3.02. The molecule has 1 aromatic carbocycles. The summed E-state index contributed by atoms with van der Waals surface area (Å²) in [4.78, 5) is 18.0. The van der Waals surface area contributed by atoms with E-state index in [1.54, 1.807) is 29.3 Å². The number of rotatable bonds is 10. The molecule has 0 aliphatic carbocycles. The van der Waals surface area contributed by atoms with Gasteiger partial charge in [-0.2, -0.15) is 10.2 Å².